The normalized spacial score (nSPS) is 17.1. The van der Waals surface area contributed by atoms with E-state index in [0.717, 1.165) is 35.8 Å². The maximum atomic E-state index is 12.3. The summed E-state index contributed by atoms with van der Waals surface area (Å²) in [6.45, 7) is 5.49. The van der Waals surface area contributed by atoms with E-state index in [1.54, 1.807) is 6.92 Å². The largest absolute Gasteiger partial charge is 0.478 e. The highest BCUT2D eigenvalue weighted by atomic mass is 32.1. The van der Waals surface area contributed by atoms with Gasteiger partial charge in [0.2, 0.25) is 5.91 Å². The molecule has 1 atom stereocenters. The molecule has 0 radical (unpaired) electrons. The first-order valence-electron chi connectivity index (χ1n) is 7.87. The molecule has 6 nitrogen and oxygen atoms in total. The number of aliphatic carboxylic acids is 1. The van der Waals surface area contributed by atoms with Crippen LogP contribution < -0.4 is 5.32 Å². The van der Waals surface area contributed by atoms with Gasteiger partial charge in [-0.2, -0.15) is 0 Å². The third-order valence-corrected chi connectivity index (χ3v) is 5.08. The summed E-state index contributed by atoms with van der Waals surface area (Å²) in [6.07, 6.45) is 3.65. The van der Waals surface area contributed by atoms with Crippen molar-refractivity contribution >= 4 is 34.2 Å². The van der Waals surface area contributed by atoms with Gasteiger partial charge in [-0.15, -0.1) is 11.3 Å². The summed E-state index contributed by atoms with van der Waals surface area (Å²) in [4.78, 5) is 36.3. The van der Waals surface area contributed by atoms with Crippen LogP contribution in [-0.2, 0) is 27.2 Å². The van der Waals surface area contributed by atoms with E-state index in [2.05, 4.69) is 12.2 Å². The van der Waals surface area contributed by atoms with E-state index in [0.29, 0.717) is 16.5 Å². The highest BCUT2D eigenvalue weighted by Crippen LogP contribution is 2.40. The molecule has 0 saturated heterocycles. The number of carbonyl (C=O) groups excluding carboxylic acids is 2. The Morgan fingerprint density at radius 3 is 2.75 bits per heavy atom. The number of ether oxygens (including phenoxy) is 1. The van der Waals surface area contributed by atoms with E-state index in [9.17, 15) is 14.4 Å². The Labute approximate surface area is 144 Å². The molecule has 130 valence electrons. The van der Waals surface area contributed by atoms with Crippen molar-refractivity contribution in [1.29, 1.82) is 0 Å². The third-order valence-electron chi connectivity index (χ3n) is 3.91. The molecule has 2 rings (SSSR count). The van der Waals surface area contributed by atoms with Crippen LogP contribution in [0.2, 0.25) is 0 Å². The minimum atomic E-state index is -1.16. The van der Waals surface area contributed by atoms with Gasteiger partial charge in [-0.3, -0.25) is 4.79 Å². The number of carbonyl (C=O) groups is 3. The number of rotatable bonds is 5. The molecule has 0 saturated carbocycles. The number of carboxylic acids is 1. The number of amides is 1. The molecule has 0 fully saturated rings. The molecule has 0 aliphatic heterocycles. The number of thiophene rings is 1. The lowest BCUT2D eigenvalue weighted by atomic mass is 9.88. The summed E-state index contributed by atoms with van der Waals surface area (Å²) >= 11 is 1.37. The molecule has 24 heavy (non-hydrogen) atoms. The van der Waals surface area contributed by atoms with Gasteiger partial charge >= 0.3 is 11.9 Å². The Bertz CT molecular complexity index is 704. The van der Waals surface area contributed by atoms with Gasteiger partial charge in [-0.05, 0) is 44.6 Å². The fourth-order valence-corrected chi connectivity index (χ4v) is 4.07. The van der Waals surface area contributed by atoms with Crippen LogP contribution in [0.3, 0.4) is 0 Å². The summed E-state index contributed by atoms with van der Waals surface area (Å²) < 4.78 is 5.13. The molecule has 0 spiro atoms. The Hall–Kier alpha value is -2.15. The van der Waals surface area contributed by atoms with Crippen molar-refractivity contribution in [3.8, 4) is 0 Å². The fourth-order valence-electron chi connectivity index (χ4n) is 2.66. The lowest BCUT2D eigenvalue weighted by Gasteiger charge is -2.18. The van der Waals surface area contributed by atoms with Gasteiger partial charge in [0.1, 0.15) is 5.00 Å². The average Bonchev–Trinajstić information content (AvgIpc) is 2.83. The molecule has 1 aliphatic carbocycles. The zero-order valence-electron chi connectivity index (χ0n) is 14.0. The highest BCUT2D eigenvalue weighted by molar-refractivity contribution is 7.17. The number of fused-ring (bicyclic) bond motifs is 1. The summed E-state index contributed by atoms with van der Waals surface area (Å²) in [5, 5.41) is 11.9. The van der Waals surface area contributed by atoms with Crippen LogP contribution >= 0.6 is 11.3 Å². The van der Waals surface area contributed by atoms with Gasteiger partial charge in [0.25, 0.3) is 0 Å². The van der Waals surface area contributed by atoms with Gasteiger partial charge in [0.15, 0.2) is 0 Å². The molecule has 1 amide bonds. The topological polar surface area (TPSA) is 92.7 Å². The molecule has 0 aromatic carbocycles. The average molecular weight is 351 g/mol. The van der Waals surface area contributed by atoms with Crippen molar-refractivity contribution in [1.82, 2.24) is 0 Å². The molecule has 0 bridgehead atoms. The van der Waals surface area contributed by atoms with Crippen molar-refractivity contribution < 1.29 is 24.2 Å². The van der Waals surface area contributed by atoms with Crippen molar-refractivity contribution in [3.63, 3.8) is 0 Å². The first kappa shape index (κ1) is 18.2. The van der Waals surface area contributed by atoms with Gasteiger partial charge in [-0.1, -0.05) is 6.92 Å². The second-order valence-corrected chi connectivity index (χ2v) is 7.00. The van der Waals surface area contributed by atoms with Crippen molar-refractivity contribution in [2.24, 2.45) is 5.92 Å². The number of nitrogens with one attached hydrogen (secondary N) is 1. The second-order valence-electron chi connectivity index (χ2n) is 5.90. The number of hydrogen-bond donors (Lipinski definition) is 2. The van der Waals surface area contributed by atoms with E-state index in [1.165, 1.54) is 18.3 Å². The number of hydrogen-bond acceptors (Lipinski definition) is 5. The molecule has 1 aliphatic rings. The van der Waals surface area contributed by atoms with E-state index in [4.69, 9.17) is 9.84 Å². The zero-order valence-corrected chi connectivity index (χ0v) is 14.8. The van der Waals surface area contributed by atoms with Gasteiger partial charge < -0.3 is 15.2 Å². The lowest BCUT2D eigenvalue weighted by Crippen LogP contribution is -2.16. The van der Waals surface area contributed by atoms with Crippen LogP contribution in [-0.4, -0.2) is 29.6 Å². The first-order valence-corrected chi connectivity index (χ1v) is 8.69. The van der Waals surface area contributed by atoms with E-state index in [1.807, 2.05) is 0 Å². The summed E-state index contributed by atoms with van der Waals surface area (Å²) in [5.74, 6) is -1.63. The molecule has 1 unspecified atom stereocenters. The summed E-state index contributed by atoms with van der Waals surface area (Å²) in [7, 11) is 0. The van der Waals surface area contributed by atoms with Crippen molar-refractivity contribution in [2.75, 3.05) is 11.9 Å². The maximum absolute atomic E-state index is 12.3. The molecular weight excluding hydrogens is 330 g/mol. The molecule has 1 heterocycles. The lowest BCUT2D eigenvalue weighted by molar-refractivity contribution is -0.132. The molecule has 1 aromatic heterocycles. The fraction of sp³-hybridized carbons (Fsp3) is 0.471. The van der Waals surface area contributed by atoms with E-state index in [-0.39, 0.29) is 12.2 Å². The van der Waals surface area contributed by atoms with Crippen LogP contribution in [0, 0.1) is 5.92 Å². The van der Waals surface area contributed by atoms with Crippen LogP contribution in [0.5, 0.6) is 0 Å². The second kappa shape index (κ2) is 7.61. The predicted molar refractivity (Wildman–Crippen MR) is 91.5 cm³/mol. The minimum absolute atomic E-state index is 0.0693. The predicted octanol–water partition coefficient (Wildman–Crippen LogP) is 3.02. The van der Waals surface area contributed by atoms with Crippen LogP contribution in [0.1, 0.15) is 48.0 Å². The minimum Gasteiger partial charge on any atom is -0.478 e. The molecular formula is C17H21NO5S. The third kappa shape index (κ3) is 4.03. The van der Waals surface area contributed by atoms with Gasteiger partial charge in [0, 0.05) is 16.5 Å². The van der Waals surface area contributed by atoms with Crippen LogP contribution in [0.25, 0.3) is 0 Å². The Morgan fingerprint density at radius 1 is 1.42 bits per heavy atom. The standard InChI is InChI=1S/C17H21NO5S/c1-4-23-17(22)14-11-6-5-9(2)7-12(11)24-15(14)18-13(19)8-10(3)16(20)21/h8-9H,4-7H2,1-3H3,(H,18,19)(H,20,21)/b10-8+. The maximum Gasteiger partial charge on any atom is 0.341 e. The smallest absolute Gasteiger partial charge is 0.341 e. The van der Waals surface area contributed by atoms with Crippen LogP contribution in [0.4, 0.5) is 5.00 Å². The van der Waals surface area contributed by atoms with E-state index >= 15 is 0 Å². The number of anilines is 1. The van der Waals surface area contributed by atoms with Crippen LogP contribution in [0.15, 0.2) is 11.6 Å². The highest BCUT2D eigenvalue weighted by Gasteiger charge is 2.29. The Balaban J connectivity index is 2.35. The summed E-state index contributed by atoms with van der Waals surface area (Å²) in [5.41, 5.74) is 1.30. The van der Waals surface area contributed by atoms with E-state index < -0.39 is 17.8 Å². The monoisotopic (exact) mass is 351 g/mol. The Kier molecular flexibility index (Phi) is 5.77. The van der Waals surface area contributed by atoms with Crippen molar-refractivity contribution in [3.05, 3.63) is 27.7 Å². The number of carboxylic acid groups (broad SMARTS) is 1. The quantitative estimate of drug-likeness (QED) is 0.628. The molecule has 2 N–H and O–H groups in total. The number of esters is 1. The summed E-state index contributed by atoms with van der Waals surface area (Å²) in [6, 6.07) is 0. The SMILES string of the molecule is CCOC(=O)c1c(NC(=O)/C=C(\C)C(=O)O)sc2c1CCC(C)C2. The van der Waals surface area contributed by atoms with Crippen molar-refractivity contribution in [2.45, 2.75) is 40.0 Å². The van der Waals surface area contributed by atoms with Gasteiger partial charge in [0.05, 0.1) is 12.2 Å². The Morgan fingerprint density at radius 2 is 2.12 bits per heavy atom. The molecule has 1 aromatic rings. The van der Waals surface area contributed by atoms with Gasteiger partial charge in [-0.25, -0.2) is 9.59 Å². The zero-order chi connectivity index (χ0) is 17.9. The first-order chi connectivity index (χ1) is 11.3. The molecule has 7 heteroatoms.